The Morgan fingerprint density at radius 1 is 1.27 bits per heavy atom. The molecule has 0 bridgehead atoms. The van der Waals surface area contributed by atoms with Crippen molar-refractivity contribution in [2.24, 2.45) is 0 Å². The van der Waals surface area contributed by atoms with E-state index in [0.717, 1.165) is 0 Å². The second kappa shape index (κ2) is 4.60. The van der Waals surface area contributed by atoms with Crippen molar-refractivity contribution in [3.63, 3.8) is 0 Å². The summed E-state index contributed by atoms with van der Waals surface area (Å²) in [6.45, 7) is 2.76. The quantitative estimate of drug-likeness (QED) is 0.833. The Bertz CT molecular complexity index is 312. The van der Waals surface area contributed by atoms with Crippen molar-refractivity contribution in [3.8, 4) is 0 Å². The molecule has 0 saturated carbocycles. The standard InChI is InChI=1S/C11H14F2OSe/c1-3-10(2,14)11(12,13)15-9-7-5-4-6-8-9/h4-8,14H,3H2,1-2H3. The van der Waals surface area contributed by atoms with Crippen molar-refractivity contribution in [2.75, 3.05) is 0 Å². The molecule has 0 aromatic heterocycles. The molecular weight excluding hydrogens is 265 g/mol. The van der Waals surface area contributed by atoms with Gasteiger partial charge in [-0.05, 0) is 0 Å². The fourth-order valence-corrected chi connectivity index (χ4v) is 2.95. The molecule has 4 heteroatoms. The minimum atomic E-state index is -3.03. The molecular formula is C11H14F2OSe. The van der Waals surface area contributed by atoms with Crippen LogP contribution in [0.3, 0.4) is 0 Å². The van der Waals surface area contributed by atoms with Gasteiger partial charge in [0, 0.05) is 0 Å². The summed E-state index contributed by atoms with van der Waals surface area (Å²) in [5.74, 6) is 0. The molecule has 1 unspecified atom stereocenters. The van der Waals surface area contributed by atoms with Crippen LogP contribution < -0.4 is 4.46 Å². The Hall–Kier alpha value is -0.441. The number of halogens is 2. The van der Waals surface area contributed by atoms with Gasteiger partial charge in [-0.25, -0.2) is 0 Å². The third-order valence-electron chi connectivity index (χ3n) is 2.30. The molecule has 1 N–H and O–H groups in total. The van der Waals surface area contributed by atoms with Crippen LogP contribution in [0.15, 0.2) is 30.3 Å². The van der Waals surface area contributed by atoms with Crippen molar-refractivity contribution in [1.82, 2.24) is 0 Å². The zero-order chi connectivity index (χ0) is 11.5. The topological polar surface area (TPSA) is 20.2 Å². The Kier molecular flexibility index (Phi) is 3.87. The van der Waals surface area contributed by atoms with Crippen molar-refractivity contribution >= 4 is 19.4 Å². The molecule has 15 heavy (non-hydrogen) atoms. The van der Waals surface area contributed by atoms with Gasteiger partial charge in [0.15, 0.2) is 0 Å². The van der Waals surface area contributed by atoms with E-state index < -0.39 is 25.4 Å². The van der Waals surface area contributed by atoms with E-state index in [1.807, 2.05) is 0 Å². The summed E-state index contributed by atoms with van der Waals surface area (Å²) in [6.07, 6.45) is 0.0502. The second-order valence-electron chi connectivity index (χ2n) is 3.56. The molecule has 1 aromatic rings. The normalized spacial score (nSPS) is 16.1. The maximum absolute atomic E-state index is 13.7. The van der Waals surface area contributed by atoms with Crippen LogP contribution in [0, 0.1) is 0 Å². The van der Waals surface area contributed by atoms with Crippen LogP contribution in [0.4, 0.5) is 8.78 Å². The van der Waals surface area contributed by atoms with Crippen molar-refractivity contribution < 1.29 is 13.9 Å². The number of hydrogen-bond acceptors (Lipinski definition) is 1. The Morgan fingerprint density at radius 2 is 1.80 bits per heavy atom. The SMILES string of the molecule is CCC(C)(O)C(F)(F)[Se]c1ccccc1. The summed E-state index contributed by atoms with van der Waals surface area (Å²) in [5, 5.41) is 9.58. The number of benzene rings is 1. The monoisotopic (exact) mass is 280 g/mol. The molecule has 1 atom stereocenters. The van der Waals surface area contributed by atoms with Crippen LogP contribution >= 0.6 is 0 Å². The minimum absolute atomic E-state index is 0.0502. The fourth-order valence-electron chi connectivity index (χ4n) is 0.952. The van der Waals surface area contributed by atoms with E-state index in [-0.39, 0.29) is 6.42 Å². The molecule has 0 saturated heterocycles. The van der Waals surface area contributed by atoms with Gasteiger partial charge in [0.1, 0.15) is 0 Å². The van der Waals surface area contributed by atoms with E-state index in [9.17, 15) is 13.9 Å². The van der Waals surface area contributed by atoms with E-state index in [2.05, 4.69) is 0 Å². The number of rotatable bonds is 4. The molecule has 0 aliphatic heterocycles. The average Bonchev–Trinajstić information content (AvgIpc) is 2.18. The first-order valence-electron chi connectivity index (χ1n) is 4.73. The summed E-state index contributed by atoms with van der Waals surface area (Å²) >= 11 is -1.03. The number of hydrogen-bond donors (Lipinski definition) is 1. The van der Waals surface area contributed by atoms with E-state index in [1.54, 1.807) is 37.3 Å². The Labute approximate surface area is 94.7 Å². The van der Waals surface area contributed by atoms with Crippen molar-refractivity contribution in [3.05, 3.63) is 30.3 Å². The zero-order valence-electron chi connectivity index (χ0n) is 8.71. The molecule has 0 amide bonds. The van der Waals surface area contributed by atoms with Crippen LogP contribution in [-0.4, -0.2) is 30.5 Å². The average molecular weight is 279 g/mol. The van der Waals surface area contributed by atoms with Gasteiger partial charge in [-0.15, -0.1) is 0 Å². The van der Waals surface area contributed by atoms with Crippen LogP contribution in [0.5, 0.6) is 0 Å². The summed E-state index contributed by atoms with van der Waals surface area (Å²) in [5.41, 5.74) is -1.91. The molecule has 84 valence electrons. The van der Waals surface area contributed by atoms with Crippen molar-refractivity contribution in [2.45, 2.75) is 30.7 Å². The van der Waals surface area contributed by atoms with E-state index in [0.29, 0.717) is 4.46 Å². The molecule has 1 nitrogen and oxygen atoms in total. The van der Waals surface area contributed by atoms with Gasteiger partial charge in [0.2, 0.25) is 0 Å². The van der Waals surface area contributed by atoms with E-state index >= 15 is 0 Å². The second-order valence-corrected chi connectivity index (χ2v) is 6.05. The fraction of sp³-hybridized carbons (Fsp3) is 0.455. The number of alkyl halides is 2. The third kappa shape index (κ3) is 3.00. The predicted octanol–water partition coefficient (Wildman–Crippen LogP) is 1.77. The summed E-state index contributed by atoms with van der Waals surface area (Å²) in [4.78, 5) is -3.03. The zero-order valence-corrected chi connectivity index (χ0v) is 10.4. The van der Waals surface area contributed by atoms with Crippen LogP contribution in [0.2, 0.25) is 0 Å². The van der Waals surface area contributed by atoms with Crippen molar-refractivity contribution in [1.29, 1.82) is 0 Å². The third-order valence-corrected chi connectivity index (χ3v) is 4.83. The maximum atomic E-state index is 13.7. The molecule has 0 fully saturated rings. The predicted molar refractivity (Wildman–Crippen MR) is 57.7 cm³/mol. The molecule has 0 heterocycles. The summed E-state index contributed by atoms with van der Waals surface area (Å²) in [6, 6.07) is 8.58. The molecule has 0 aliphatic carbocycles. The first-order chi connectivity index (χ1) is 6.89. The van der Waals surface area contributed by atoms with Crippen LogP contribution in [0.1, 0.15) is 20.3 Å². The van der Waals surface area contributed by atoms with E-state index in [1.165, 1.54) is 6.92 Å². The Balaban J connectivity index is 2.81. The summed E-state index contributed by atoms with van der Waals surface area (Å²) < 4.78 is 27.9. The van der Waals surface area contributed by atoms with E-state index in [4.69, 9.17) is 0 Å². The van der Waals surface area contributed by atoms with Gasteiger partial charge in [-0.2, -0.15) is 0 Å². The van der Waals surface area contributed by atoms with Gasteiger partial charge >= 0.3 is 94.3 Å². The van der Waals surface area contributed by atoms with Gasteiger partial charge in [-0.1, -0.05) is 0 Å². The van der Waals surface area contributed by atoms with Gasteiger partial charge in [0.25, 0.3) is 0 Å². The van der Waals surface area contributed by atoms with Crippen LogP contribution in [-0.2, 0) is 0 Å². The van der Waals surface area contributed by atoms with Gasteiger partial charge in [0.05, 0.1) is 0 Å². The molecule has 1 aromatic carbocycles. The van der Waals surface area contributed by atoms with Gasteiger partial charge in [-0.3, -0.25) is 0 Å². The molecule has 1 rings (SSSR count). The molecule has 0 aliphatic rings. The number of aliphatic hydroxyl groups is 1. The molecule has 0 radical (unpaired) electrons. The first-order valence-corrected chi connectivity index (χ1v) is 6.44. The summed E-state index contributed by atoms with van der Waals surface area (Å²) in [7, 11) is 0. The first kappa shape index (κ1) is 12.6. The van der Waals surface area contributed by atoms with Gasteiger partial charge < -0.3 is 0 Å². The van der Waals surface area contributed by atoms with Crippen LogP contribution in [0.25, 0.3) is 0 Å². The molecule has 0 spiro atoms. The Morgan fingerprint density at radius 3 is 2.27 bits per heavy atom.